The molecule has 1 spiro atoms. The lowest BCUT2D eigenvalue weighted by molar-refractivity contribution is -0.232. The summed E-state index contributed by atoms with van der Waals surface area (Å²) in [5, 5.41) is 14.6. The molecule has 1 saturated carbocycles. The predicted molar refractivity (Wildman–Crippen MR) is 223 cm³/mol. The van der Waals surface area contributed by atoms with Gasteiger partial charge in [-0.1, -0.05) is 55.8 Å². The molecule has 6 heterocycles. The Labute approximate surface area is 346 Å². The van der Waals surface area contributed by atoms with E-state index >= 15 is 4.79 Å². The van der Waals surface area contributed by atoms with Crippen molar-refractivity contribution in [1.82, 2.24) is 14.8 Å². The van der Waals surface area contributed by atoms with Crippen molar-refractivity contribution in [2.45, 2.75) is 101 Å². The zero-order valence-electron chi connectivity index (χ0n) is 35.4. The Morgan fingerprint density at radius 1 is 1.02 bits per heavy atom. The number of hydrogen-bond donors (Lipinski definition) is 2. The molecule has 5 aliphatic heterocycles. The molecular weight excluding hydrogens is 749 g/mol. The average molecular weight is 807 g/mol. The maximum atomic E-state index is 15.3. The van der Waals surface area contributed by atoms with Gasteiger partial charge >= 0.3 is 17.9 Å². The quantitative estimate of drug-likeness (QED) is 0.161. The van der Waals surface area contributed by atoms with Crippen molar-refractivity contribution in [3.63, 3.8) is 0 Å². The van der Waals surface area contributed by atoms with Crippen LogP contribution in [0.5, 0.6) is 5.75 Å². The fourth-order valence-electron chi connectivity index (χ4n) is 13.1. The number of nitrogens with one attached hydrogen (secondary N) is 1. The van der Waals surface area contributed by atoms with Gasteiger partial charge in [0.05, 0.1) is 19.8 Å². The number of aromatic nitrogens is 1. The second-order valence-electron chi connectivity index (χ2n) is 17.9. The molecule has 2 N–H and O–H groups in total. The molecule has 9 atom stereocenters. The highest BCUT2D eigenvalue weighted by Crippen LogP contribution is 2.68. The number of fused-ring (bicyclic) bond motifs is 6. The summed E-state index contributed by atoms with van der Waals surface area (Å²) in [6.45, 7) is 12.7. The molecule has 2 bridgehead atoms. The Hall–Kier alpha value is -4.65. The van der Waals surface area contributed by atoms with Crippen LogP contribution in [0.15, 0.2) is 60.2 Å². The van der Waals surface area contributed by atoms with Gasteiger partial charge in [-0.25, -0.2) is 0 Å². The largest absolute Gasteiger partial charge is 0.493 e. The van der Waals surface area contributed by atoms with Gasteiger partial charge in [0.25, 0.3) is 0 Å². The van der Waals surface area contributed by atoms with Crippen LogP contribution in [0.3, 0.4) is 0 Å². The number of carbonyl (C=O) groups excluding carboxylic acids is 3. The van der Waals surface area contributed by atoms with E-state index in [0.29, 0.717) is 44.7 Å². The lowest BCUT2D eigenvalue weighted by Gasteiger charge is -2.64. The lowest BCUT2D eigenvalue weighted by atomic mass is 9.47. The Bertz CT molecular complexity index is 2280. The van der Waals surface area contributed by atoms with Gasteiger partial charge in [0.1, 0.15) is 23.9 Å². The number of hydrogen-bond acceptors (Lipinski definition) is 11. The maximum absolute atomic E-state index is 15.3. The fraction of sp³-hybridized carbons (Fsp3) is 0.553. The number of carbonyl (C=O) groups is 3. The molecule has 314 valence electrons. The summed E-state index contributed by atoms with van der Waals surface area (Å²) < 4.78 is 24.7. The minimum Gasteiger partial charge on any atom is -0.493 e. The third kappa shape index (κ3) is 5.47. The fourth-order valence-corrected chi connectivity index (χ4v) is 13.1. The van der Waals surface area contributed by atoms with E-state index in [1.807, 2.05) is 20.0 Å². The number of likely N-dealkylation sites (N-methyl/N-ethyl adjacent to an activating group) is 1. The van der Waals surface area contributed by atoms with Crippen molar-refractivity contribution < 1.29 is 38.4 Å². The molecule has 59 heavy (non-hydrogen) atoms. The molecule has 9 rings (SSSR count). The maximum Gasteiger partial charge on any atom is 0.322 e. The van der Waals surface area contributed by atoms with E-state index < -0.39 is 45.9 Å². The number of aliphatic hydroxyl groups is 1. The second kappa shape index (κ2) is 14.2. The molecular formula is C47H58N4O8. The number of rotatable bonds is 9. The van der Waals surface area contributed by atoms with Crippen molar-refractivity contribution in [3.05, 3.63) is 82.6 Å². The third-order valence-corrected chi connectivity index (χ3v) is 14.9. The van der Waals surface area contributed by atoms with Crippen LogP contribution in [0, 0.1) is 11.3 Å². The molecule has 2 aromatic carbocycles. The highest BCUT2D eigenvalue weighted by atomic mass is 16.6. The van der Waals surface area contributed by atoms with Crippen molar-refractivity contribution >= 4 is 34.5 Å². The number of ether oxygens (including phenoxy) is 4. The van der Waals surface area contributed by atoms with Crippen LogP contribution >= 0.6 is 0 Å². The Morgan fingerprint density at radius 2 is 1.81 bits per heavy atom. The number of benzene rings is 2. The summed E-state index contributed by atoms with van der Waals surface area (Å²) in [7, 11) is 3.44. The number of para-hydroxylation sites is 1. The van der Waals surface area contributed by atoms with Gasteiger partial charge < -0.3 is 33.9 Å². The zero-order valence-corrected chi connectivity index (χ0v) is 35.4. The Balaban J connectivity index is 1.36. The standard InChI is InChI=1S/C47H58N4O8/c1-8-30-20-31-23-46(43(54)56-7,39-33(26-50(24-30)25-31)32-14-11-12-15-36(32)48-39)35-21-34-37(22-38(35)57-10-3)49(6)41-45(34)17-19-51-18-13-16-44(9-2,40(45)51)42(59-29(5)53)47(41,55)27-58-28(4)52/h11-16,20-22,31,40-42,48,55H,8-10,17-19,23-27H2,1-7H3/t31-,40-,41+,42+,44+,45+,46-,47-/m0/s1. The summed E-state index contributed by atoms with van der Waals surface area (Å²) in [5.74, 6) is -0.804. The van der Waals surface area contributed by atoms with Gasteiger partial charge in [-0.2, -0.15) is 0 Å². The van der Waals surface area contributed by atoms with E-state index in [0.717, 1.165) is 65.0 Å². The molecule has 2 fully saturated rings. The van der Waals surface area contributed by atoms with Gasteiger partial charge in [0, 0.05) is 97.9 Å². The van der Waals surface area contributed by atoms with Gasteiger partial charge in [0.2, 0.25) is 0 Å². The number of H-pyrrole nitrogens is 1. The lowest BCUT2D eigenvalue weighted by Crippen LogP contribution is -2.80. The summed E-state index contributed by atoms with van der Waals surface area (Å²) >= 11 is 0. The van der Waals surface area contributed by atoms with Crippen LogP contribution in [0.4, 0.5) is 5.69 Å². The van der Waals surface area contributed by atoms with Crippen molar-refractivity contribution in [2.75, 3.05) is 58.5 Å². The molecule has 1 saturated heterocycles. The second-order valence-corrected chi connectivity index (χ2v) is 17.9. The highest BCUT2D eigenvalue weighted by Gasteiger charge is 2.78. The number of esters is 3. The number of nitrogens with zero attached hydrogens (tertiary/aromatic N) is 3. The molecule has 6 aliphatic rings. The molecule has 0 radical (unpaired) electrons. The van der Waals surface area contributed by atoms with E-state index in [4.69, 9.17) is 18.9 Å². The van der Waals surface area contributed by atoms with Crippen LogP contribution in [0.25, 0.3) is 10.9 Å². The normalized spacial score (nSPS) is 34.1. The van der Waals surface area contributed by atoms with Crippen LogP contribution in [-0.2, 0) is 46.0 Å². The summed E-state index contributed by atoms with van der Waals surface area (Å²) in [5.41, 5.74) is 2.03. The van der Waals surface area contributed by atoms with E-state index in [1.165, 1.54) is 26.5 Å². The van der Waals surface area contributed by atoms with Gasteiger partial charge in [0.15, 0.2) is 5.60 Å². The molecule has 12 heteroatoms. The summed E-state index contributed by atoms with van der Waals surface area (Å²) in [6.07, 6.45) is 8.21. The first-order valence-corrected chi connectivity index (χ1v) is 21.4. The summed E-state index contributed by atoms with van der Waals surface area (Å²) in [4.78, 5) is 51.8. The van der Waals surface area contributed by atoms with Crippen molar-refractivity contribution in [3.8, 4) is 5.75 Å². The number of anilines is 1. The van der Waals surface area contributed by atoms with Crippen LogP contribution in [0.2, 0.25) is 0 Å². The Kier molecular flexibility index (Phi) is 9.60. The van der Waals surface area contributed by atoms with Gasteiger partial charge in [-0.15, -0.1) is 0 Å². The van der Waals surface area contributed by atoms with Gasteiger partial charge in [-0.3, -0.25) is 24.2 Å². The number of methoxy groups -OCH3 is 1. The van der Waals surface area contributed by atoms with Crippen LogP contribution in [0.1, 0.15) is 82.7 Å². The average Bonchev–Trinajstić information content (AvgIpc) is 3.87. The van der Waals surface area contributed by atoms with E-state index in [-0.39, 0.29) is 24.5 Å². The van der Waals surface area contributed by atoms with E-state index in [9.17, 15) is 14.7 Å². The first-order valence-electron chi connectivity index (χ1n) is 21.4. The molecule has 1 aromatic heterocycles. The zero-order chi connectivity index (χ0) is 41.6. The smallest absolute Gasteiger partial charge is 0.322 e. The first kappa shape index (κ1) is 39.8. The monoisotopic (exact) mass is 806 g/mol. The number of aromatic amines is 1. The SMILES string of the molecule is CCOc1cc2c(cc1[C@@]1(C(=O)OC)C[C@@H]3C=C(CC)CN(Cc4c1[nH]c1ccccc41)C3)[C@@]13CCN4CC=C[C@@](CC)([C@@H](OC(C)=O)[C@](O)(COC(C)=O)[C@@H]1N2C)[C@H]43. The van der Waals surface area contributed by atoms with Crippen LogP contribution in [-0.4, -0.2) is 115 Å². The molecule has 12 nitrogen and oxygen atoms in total. The molecule has 1 aliphatic carbocycles. The minimum atomic E-state index is -1.83. The van der Waals surface area contributed by atoms with Crippen molar-refractivity contribution in [2.24, 2.45) is 11.3 Å². The molecule has 3 aromatic rings. The van der Waals surface area contributed by atoms with E-state index in [2.05, 4.69) is 82.1 Å². The van der Waals surface area contributed by atoms with Gasteiger partial charge in [-0.05, 0) is 68.3 Å². The molecule has 1 unspecified atom stereocenters. The van der Waals surface area contributed by atoms with Crippen LogP contribution < -0.4 is 9.64 Å². The third-order valence-electron chi connectivity index (χ3n) is 14.9. The van der Waals surface area contributed by atoms with Crippen molar-refractivity contribution in [1.29, 1.82) is 0 Å². The van der Waals surface area contributed by atoms with E-state index in [1.54, 1.807) is 0 Å². The highest BCUT2D eigenvalue weighted by molar-refractivity contribution is 5.94. The summed E-state index contributed by atoms with van der Waals surface area (Å²) in [6, 6.07) is 11.6. The predicted octanol–water partition coefficient (Wildman–Crippen LogP) is 5.53. The topological polar surface area (TPSA) is 134 Å². The Morgan fingerprint density at radius 3 is 2.53 bits per heavy atom. The first-order chi connectivity index (χ1) is 28.3. The molecule has 0 amide bonds. The minimum absolute atomic E-state index is 0.0415.